The van der Waals surface area contributed by atoms with E-state index in [9.17, 15) is 4.39 Å². The van der Waals surface area contributed by atoms with E-state index >= 15 is 0 Å². The Morgan fingerprint density at radius 2 is 2.05 bits per heavy atom. The molecule has 1 unspecified atom stereocenters. The quantitative estimate of drug-likeness (QED) is 0.862. The van der Waals surface area contributed by atoms with Crippen LogP contribution in [0.15, 0.2) is 41.8 Å². The van der Waals surface area contributed by atoms with Crippen LogP contribution < -0.4 is 5.32 Å². The van der Waals surface area contributed by atoms with Gasteiger partial charge in [-0.05, 0) is 55.2 Å². The predicted octanol–water partition coefficient (Wildman–Crippen LogP) is 4.35. The maximum absolute atomic E-state index is 13.7. The van der Waals surface area contributed by atoms with E-state index in [-0.39, 0.29) is 5.82 Å². The fourth-order valence-electron chi connectivity index (χ4n) is 3.01. The van der Waals surface area contributed by atoms with Crippen molar-refractivity contribution in [3.63, 3.8) is 0 Å². The molecule has 20 heavy (non-hydrogen) atoms. The van der Waals surface area contributed by atoms with E-state index in [1.807, 2.05) is 23.5 Å². The lowest BCUT2D eigenvalue weighted by Gasteiger charge is -2.38. The molecule has 3 rings (SSSR count). The van der Waals surface area contributed by atoms with Crippen LogP contribution in [0.2, 0.25) is 0 Å². The lowest BCUT2D eigenvalue weighted by atomic mass is 9.75. The Balaban J connectivity index is 1.47. The molecular weight excluding hydrogens is 269 g/mol. The third kappa shape index (κ3) is 3.10. The molecular formula is C17H20FNS. The molecule has 1 aliphatic rings. The first-order chi connectivity index (χ1) is 9.72. The smallest absolute Gasteiger partial charge is 0.126 e. The Morgan fingerprint density at radius 3 is 2.75 bits per heavy atom. The van der Waals surface area contributed by atoms with E-state index < -0.39 is 0 Å². The van der Waals surface area contributed by atoms with Gasteiger partial charge in [-0.3, -0.25) is 0 Å². The molecule has 2 aromatic rings. The molecule has 0 saturated heterocycles. The number of rotatable bonds is 5. The zero-order valence-electron chi connectivity index (χ0n) is 11.7. The van der Waals surface area contributed by atoms with Crippen LogP contribution in [-0.2, 0) is 6.42 Å². The SMILES string of the molecule is CC(Cc1cccs1)NC1CC(c2ccccc2F)C1. The summed E-state index contributed by atoms with van der Waals surface area (Å²) in [5.74, 6) is 0.338. The highest BCUT2D eigenvalue weighted by atomic mass is 32.1. The maximum atomic E-state index is 13.7. The fraction of sp³-hybridized carbons (Fsp3) is 0.412. The third-order valence-corrected chi connectivity index (χ3v) is 4.99. The van der Waals surface area contributed by atoms with Gasteiger partial charge in [-0.15, -0.1) is 11.3 Å². The molecule has 0 aliphatic heterocycles. The van der Waals surface area contributed by atoms with Crippen LogP contribution in [0, 0.1) is 5.82 Å². The molecule has 0 bridgehead atoms. The number of hydrogen-bond acceptors (Lipinski definition) is 2. The van der Waals surface area contributed by atoms with Crippen molar-refractivity contribution in [2.75, 3.05) is 0 Å². The summed E-state index contributed by atoms with van der Waals surface area (Å²) in [4.78, 5) is 1.43. The van der Waals surface area contributed by atoms with E-state index in [1.54, 1.807) is 12.1 Å². The molecule has 1 atom stereocenters. The molecule has 1 nitrogen and oxygen atoms in total. The second-order valence-electron chi connectivity index (χ2n) is 5.74. The van der Waals surface area contributed by atoms with Gasteiger partial charge in [0.1, 0.15) is 5.82 Å². The number of halogens is 1. The minimum absolute atomic E-state index is 0.0532. The van der Waals surface area contributed by atoms with Gasteiger partial charge in [0.05, 0.1) is 0 Å². The normalized spacial score (nSPS) is 23.3. The summed E-state index contributed by atoms with van der Waals surface area (Å²) in [6, 6.07) is 12.5. The molecule has 0 spiro atoms. The summed E-state index contributed by atoms with van der Waals surface area (Å²) in [5, 5.41) is 5.78. The van der Waals surface area contributed by atoms with Gasteiger partial charge in [0.15, 0.2) is 0 Å². The summed E-state index contributed by atoms with van der Waals surface area (Å²) >= 11 is 1.81. The van der Waals surface area contributed by atoms with Gasteiger partial charge in [0.2, 0.25) is 0 Å². The molecule has 1 N–H and O–H groups in total. The van der Waals surface area contributed by atoms with Gasteiger partial charge in [0.25, 0.3) is 0 Å². The van der Waals surface area contributed by atoms with Crippen LogP contribution in [0.1, 0.15) is 36.1 Å². The topological polar surface area (TPSA) is 12.0 Å². The fourth-order valence-corrected chi connectivity index (χ4v) is 3.84. The van der Waals surface area contributed by atoms with Crippen molar-refractivity contribution >= 4 is 11.3 Å². The molecule has 1 aliphatic carbocycles. The van der Waals surface area contributed by atoms with Crippen molar-refractivity contribution in [3.8, 4) is 0 Å². The van der Waals surface area contributed by atoms with Gasteiger partial charge < -0.3 is 5.32 Å². The van der Waals surface area contributed by atoms with Crippen molar-refractivity contribution in [2.24, 2.45) is 0 Å². The Morgan fingerprint density at radius 1 is 1.25 bits per heavy atom. The maximum Gasteiger partial charge on any atom is 0.126 e. The molecule has 1 heterocycles. The summed E-state index contributed by atoms with van der Waals surface area (Å²) < 4.78 is 13.7. The van der Waals surface area contributed by atoms with E-state index in [0.29, 0.717) is 18.0 Å². The van der Waals surface area contributed by atoms with Crippen molar-refractivity contribution < 1.29 is 4.39 Å². The lowest BCUT2D eigenvalue weighted by molar-refractivity contribution is 0.265. The van der Waals surface area contributed by atoms with Gasteiger partial charge >= 0.3 is 0 Å². The molecule has 0 radical (unpaired) electrons. The van der Waals surface area contributed by atoms with Crippen LogP contribution >= 0.6 is 11.3 Å². The minimum atomic E-state index is -0.0532. The first kappa shape index (κ1) is 13.8. The van der Waals surface area contributed by atoms with Gasteiger partial charge in [-0.25, -0.2) is 4.39 Å². The number of hydrogen-bond donors (Lipinski definition) is 1. The Bertz CT molecular complexity index is 546. The average Bonchev–Trinajstić information content (AvgIpc) is 2.87. The van der Waals surface area contributed by atoms with E-state index in [0.717, 1.165) is 24.8 Å². The molecule has 1 fully saturated rings. The van der Waals surface area contributed by atoms with Crippen molar-refractivity contribution in [3.05, 3.63) is 58.0 Å². The van der Waals surface area contributed by atoms with Gasteiger partial charge in [-0.2, -0.15) is 0 Å². The van der Waals surface area contributed by atoms with Crippen molar-refractivity contribution in [1.29, 1.82) is 0 Å². The Labute approximate surface area is 123 Å². The number of benzene rings is 1. The minimum Gasteiger partial charge on any atom is -0.311 e. The molecule has 1 aromatic carbocycles. The average molecular weight is 289 g/mol. The molecule has 1 saturated carbocycles. The van der Waals surface area contributed by atoms with Gasteiger partial charge in [0, 0.05) is 17.0 Å². The summed E-state index contributed by atoms with van der Waals surface area (Å²) in [5.41, 5.74) is 0.886. The first-order valence-electron chi connectivity index (χ1n) is 7.25. The van der Waals surface area contributed by atoms with Gasteiger partial charge in [-0.1, -0.05) is 24.3 Å². The third-order valence-electron chi connectivity index (χ3n) is 4.09. The van der Waals surface area contributed by atoms with Crippen LogP contribution in [0.25, 0.3) is 0 Å². The zero-order valence-corrected chi connectivity index (χ0v) is 12.5. The van der Waals surface area contributed by atoms with E-state index in [1.165, 1.54) is 4.88 Å². The lowest BCUT2D eigenvalue weighted by Crippen LogP contribution is -2.45. The van der Waals surface area contributed by atoms with E-state index in [2.05, 4.69) is 29.8 Å². The van der Waals surface area contributed by atoms with E-state index in [4.69, 9.17) is 0 Å². The monoisotopic (exact) mass is 289 g/mol. The van der Waals surface area contributed by atoms with Crippen LogP contribution in [-0.4, -0.2) is 12.1 Å². The molecule has 1 aromatic heterocycles. The van der Waals surface area contributed by atoms with Crippen molar-refractivity contribution in [2.45, 2.75) is 44.2 Å². The predicted molar refractivity (Wildman–Crippen MR) is 82.8 cm³/mol. The zero-order chi connectivity index (χ0) is 13.9. The second kappa shape index (κ2) is 6.06. The van der Waals surface area contributed by atoms with Crippen LogP contribution in [0.3, 0.4) is 0 Å². The number of thiophene rings is 1. The highest BCUT2D eigenvalue weighted by Gasteiger charge is 2.32. The standard InChI is InChI=1S/C17H20FNS/c1-12(9-15-5-4-8-20-15)19-14-10-13(11-14)16-6-2-3-7-17(16)18/h2-8,12-14,19H,9-11H2,1H3. The highest BCUT2D eigenvalue weighted by molar-refractivity contribution is 7.09. The molecule has 0 amide bonds. The Kier molecular flexibility index (Phi) is 4.18. The van der Waals surface area contributed by atoms with Crippen LogP contribution in [0.4, 0.5) is 4.39 Å². The first-order valence-corrected chi connectivity index (χ1v) is 8.13. The highest BCUT2D eigenvalue weighted by Crippen LogP contribution is 2.38. The summed E-state index contributed by atoms with van der Waals surface area (Å²) in [7, 11) is 0. The largest absolute Gasteiger partial charge is 0.311 e. The van der Waals surface area contributed by atoms with Crippen LogP contribution in [0.5, 0.6) is 0 Å². The summed E-state index contributed by atoms with van der Waals surface area (Å²) in [6.45, 7) is 2.23. The van der Waals surface area contributed by atoms with Crippen molar-refractivity contribution in [1.82, 2.24) is 5.32 Å². The molecule has 3 heteroatoms. The number of nitrogens with one attached hydrogen (secondary N) is 1. The second-order valence-corrected chi connectivity index (χ2v) is 6.77. The molecule has 106 valence electrons. The summed E-state index contributed by atoms with van der Waals surface area (Å²) in [6.07, 6.45) is 3.18. The Hall–Kier alpha value is -1.19.